The fourth-order valence-corrected chi connectivity index (χ4v) is 2.70. The van der Waals surface area contributed by atoms with E-state index in [1.165, 1.54) is 0 Å². The highest BCUT2D eigenvalue weighted by Crippen LogP contribution is 2.30. The third kappa shape index (κ3) is 2.97. The molecule has 0 radical (unpaired) electrons. The number of hydrogen-bond acceptors (Lipinski definition) is 3. The molecule has 1 saturated heterocycles. The maximum absolute atomic E-state index is 6.35. The van der Waals surface area contributed by atoms with Crippen LogP contribution in [-0.4, -0.2) is 26.3 Å². The summed E-state index contributed by atoms with van der Waals surface area (Å²) in [6.45, 7) is 3.96. The van der Waals surface area contributed by atoms with Crippen molar-refractivity contribution in [3.8, 4) is 0 Å². The molecule has 4 heteroatoms. The van der Waals surface area contributed by atoms with E-state index in [4.69, 9.17) is 22.1 Å². The minimum atomic E-state index is 0.0239. The van der Waals surface area contributed by atoms with Crippen molar-refractivity contribution in [2.75, 3.05) is 25.1 Å². The van der Waals surface area contributed by atoms with Crippen molar-refractivity contribution in [3.63, 3.8) is 0 Å². The lowest BCUT2D eigenvalue weighted by Gasteiger charge is -2.33. The average Bonchev–Trinajstić information content (AvgIpc) is 2.38. The molecule has 2 N–H and O–H groups in total. The lowest BCUT2D eigenvalue weighted by Crippen LogP contribution is -2.36. The van der Waals surface area contributed by atoms with E-state index in [-0.39, 0.29) is 6.04 Å². The average molecular weight is 269 g/mol. The molecule has 0 aromatic heterocycles. The summed E-state index contributed by atoms with van der Waals surface area (Å²) in [5, 5.41) is 0.792. The minimum absolute atomic E-state index is 0.0239. The molecule has 1 atom stereocenters. The van der Waals surface area contributed by atoms with Gasteiger partial charge in [0.2, 0.25) is 0 Å². The van der Waals surface area contributed by atoms with E-state index in [1.807, 2.05) is 13.0 Å². The maximum atomic E-state index is 6.35. The number of halogens is 1. The van der Waals surface area contributed by atoms with Gasteiger partial charge in [-0.25, -0.2) is 0 Å². The van der Waals surface area contributed by atoms with Crippen molar-refractivity contribution in [3.05, 3.63) is 28.8 Å². The molecule has 3 nitrogen and oxygen atoms in total. The van der Waals surface area contributed by atoms with E-state index in [0.29, 0.717) is 6.10 Å². The fourth-order valence-electron chi connectivity index (χ4n) is 2.40. The predicted octanol–water partition coefficient (Wildman–Crippen LogP) is 2.97. The van der Waals surface area contributed by atoms with Crippen LogP contribution in [0.15, 0.2) is 18.2 Å². The molecule has 0 bridgehead atoms. The summed E-state index contributed by atoms with van der Waals surface area (Å²) in [4.78, 5) is 2.32. The number of methoxy groups -OCH3 is 1. The van der Waals surface area contributed by atoms with Gasteiger partial charge in [-0.15, -0.1) is 0 Å². The number of anilines is 1. The van der Waals surface area contributed by atoms with Crippen LogP contribution in [0.3, 0.4) is 0 Å². The summed E-state index contributed by atoms with van der Waals surface area (Å²) in [5.41, 5.74) is 8.04. The second-order valence-corrected chi connectivity index (χ2v) is 5.33. The van der Waals surface area contributed by atoms with E-state index < -0.39 is 0 Å². The van der Waals surface area contributed by atoms with Gasteiger partial charge in [0, 0.05) is 26.2 Å². The monoisotopic (exact) mass is 268 g/mol. The molecule has 18 heavy (non-hydrogen) atoms. The Hall–Kier alpha value is -0.770. The van der Waals surface area contributed by atoms with Crippen LogP contribution in [0.5, 0.6) is 0 Å². The molecule has 1 fully saturated rings. The van der Waals surface area contributed by atoms with Gasteiger partial charge in [-0.05, 0) is 37.5 Å². The topological polar surface area (TPSA) is 38.5 Å². The Kier molecular flexibility index (Phi) is 4.49. The Bertz CT molecular complexity index is 401. The fraction of sp³-hybridized carbons (Fsp3) is 0.571. The van der Waals surface area contributed by atoms with Crippen LogP contribution >= 0.6 is 11.6 Å². The van der Waals surface area contributed by atoms with Crippen molar-refractivity contribution >= 4 is 17.3 Å². The van der Waals surface area contributed by atoms with Gasteiger partial charge in [-0.1, -0.05) is 17.7 Å². The number of ether oxygens (including phenoxy) is 1. The first-order valence-electron chi connectivity index (χ1n) is 6.44. The zero-order chi connectivity index (χ0) is 13.1. The number of rotatable bonds is 3. The van der Waals surface area contributed by atoms with Crippen LogP contribution < -0.4 is 10.6 Å². The highest BCUT2D eigenvalue weighted by atomic mass is 35.5. The molecule has 1 aliphatic heterocycles. The van der Waals surface area contributed by atoms with E-state index in [9.17, 15) is 0 Å². The van der Waals surface area contributed by atoms with Crippen molar-refractivity contribution in [2.45, 2.75) is 31.9 Å². The highest BCUT2D eigenvalue weighted by molar-refractivity contribution is 6.33. The summed E-state index contributed by atoms with van der Waals surface area (Å²) >= 11 is 6.35. The molecule has 1 unspecified atom stereocenters. The van der Waals surface area contributed by atoms with Gasteiger partial charge in [0.15, 0.2) is 0 Å². The molecule has 1 aromatic carbocycles. The molecule has 100 valence electrons. The molecule has 1 aromatic rings. The molecular weight excluding hydrogens is 248 g/mol. The molecule has 0 saturated carbocycles. The van der Waals surface area contributed by atoms with Crippen molar-refractivity contribution < 1.29 is 4.74 Å². The lowest BCUT2D eigenvalue weighted by atomic mass is 10.0. The first-order valence-corrected chi connectivity index (χ1v) is 6.82. The van der Waals surface area contributed by atoms with Crippen LogP contribution in [0.4, 0.5) is 5.69 Å². The molecule has 1 aliphatic rings. The van der Waals surface area contributed by atoms with Crippen molar-refractivity contribution in [1.82, 2.24) is 0 Å². The molecule has 2 rings (SSSR count). The Morgan fingerprint density at radius 2 is 2.06 bits per heavy atom. The summed E-state index contributed by atoms with van der Waals surface area (Å²) in [6.07, 6.45) is 2.51. The Morgan fingerprint density at radius 3 is 2.56 bits per heavy atom. The van der Waals surface area contributed by atoms with Crippen molar-refractivity contribution in [1.29, 1.82) is 0 Å². The normalized spacial score (nSPS) is 19.0. The van der Waals surface area contributed by atoms with E-state index in [1.54, 1.807) is 7.11 Å². The maximum Gasteiger partial charge on any atom is 0.0642 e. The minimum Gasteiger partial charge on any atom is -0.381 e. The number of nitrogens with zero attached hydrogens (tertiary/aromatic N) is 1. The van der Waals surface area contributed by atoms with Crippen LogP contribution in [0, 0.1) is 0 Å². The third-order valence-corrected chi connectivity index (χ3v) is 3.92. The SMILES string of the molecule is COC1CCN(c2ccc(C(C)N)cc2Cl)CC1. The van der Waals surface area contributed by atoms with Gasteiger partial charge >= 0.3 is 0 Å². The van der Waals surface area contributed by atoms with Crippen LogP contribution in [0.2, 0.25) is 5.02 Å². The first-order chi connectivity index (χ1) is 8.61. The van der Waals surface area contributed by atoms with Crippen molar-refractivity contribution in [2.24, 2.45) is 5.73 Å². The number of hydrogen-bond donors (Lipinski definition) is 1. The second kappa shape index (κ2) is 5.91. The number of nitrogens with two attached hydrogens (primary N) is 1. The van der Waals surface area contributed by atoms with E-state index >= 15 is 0 Å². The van der Waals surface area contributed by atoms with Gasteiger partial charge in [0.25, 0.3) is 0 Å². The van der Waals surface area contributed by atoms with Gasteiger partial charge < -0.3 is 15.4 Å². The van der Waals surface area contributed by atoms with E-state index in [2.05, 4.69) is 17.0 Å². The van der Waals surface area contributed by atoms with E-state index in [0.717, 1.165) is 42.2 Å². The first kappa shape index (κ1) is 13.7. The number of piperidine rings is 1. The quantitative estimate of drug-likeness (QED) is 0.916. The van der Waals surface area contributed by atoms with Gasteiger partial charge in [-0.2, -0.15) is 0 Å². The Labute approximate surface area is 114 Å². The predicted molar refractivity (Wildman–Crippen MR) is 76.3 cm³/mol. The summed E-state index contributed by atoms with van der Waals surface area (Å²) in [6, 6.07) is 6.14. The van der Waals surface area contributed by atoms with Gasteiger partial charge in [0.05, 0.1) is 16.8 Å². The zero-order valence-electron chi connectivity index (χ0n) is 11.0. The molecule has 0 aliphatic carbocycles. The van der Waals surface area contributed by atoms with Gasteiger partial charge in [0.1, 0.15) is 0 Å². The lowest BCUT2D eigenvalue weighted by molar-refractivity contribution is 0.0819. The highest BCUT2D eigenvalue weighted by Gasteiger charge is 2.20. The smallest absolute Gasteiger partial charge is 0.0642 e. The molecular formula is C14H21ClN2O. The summed E-state index contributed by atoms with van der Waals surface area (Å²) in [7, 11) is 1.78. The zero-order valence-corrected chi connectivity index (χ0v) is 11.8. The second-order valence-electron chi connectivity index (χ2n) is 4.92. The number of benzene rings is 1. The summed E-state index contributed by atoms with van der Waals surface area (Å²) < 4.78 is 5.38. The Balaban J connectivity index is 2.10. The Morgan fingerprint density at radius 1 is 1.39 bits per heavy atom. The third-order valence-electron chi connectivity index (χ3n) is 3.61. The largest absolute Gasteiger partial charge is 0.381 e. The standard InChI is InChI=1S/C14H21ClN2O/c1-10(16)11-3-4-14(13(15)9-11)17-7-5-12(18-2)6-8-17/h3-4,9-10,12H,5-8,16H2,1-2H3. The van der Waals surface area contributed by atoms with Gasteiger partial charge in [-0.3, -0.25) is 0 Å². The molecule has 0 spiro atoms. The summed E-state index contributed by atoms with van der Waals surface area (Å²) in [5.74, 6) is 0. The van der Waals surface area contributed by atoms with Crippen LogP contribution in [-0.2, 0) is 4.74 Å². The molecule has 1 heterocycles. The molecule has 0 amide bonds. The van der Waals surface area contributed by atoms with Crippen LogP contribution in [0.1, 0.15) is 31.4 Å². The van der Waals surface area contributed by atoms with Crippen LogP contribution in [0.25, 0.3) is 0 Å².